The summed E-state index contributed by atoms with van der Waals surface area (Å²) in [6.07, 6.45) is 63.8. The monoisotopic (exact) mass is 1530 g/mol. The molecule has 3 aliphatic rings. The van der Waals surface area contributed by atoms with Crippen LogP contribution in [-0.2, 0) is 33.2 Å². The number of allylic oxidation sites excluding steroid dienone is 9. The molecule has 0 aliphatic carbocycles. The van der Waals surface area contributed by atoms with E-state index in [-0.39, 0.29) is 18.9 Å². The van der Waals surface area contributed by atoms with Crippen LogP contribution in [0.2, 0.25) is 0 Å². The van der Waals surface area contributed by atoms with Gasteiger partial charge < -0.3 is 89.9 Å². The highest BCUT2D eigenvalue weighted by Gasteiger charge is 2.54. The summed E-state index contributed by atoms with van der Waals surface area (Å²) in [5, 5.41) is 121. The number of ether oxygens (including phenoxy) is 6. The van der Waals surface area contributed by atoms with E-state index in [1.165, 1.54) is 283 Å². The van der Waals surface area contributed by atoms with E-state index in [1.54, 1.807) is 6.08 Å². The highest BCUT2D eigenvalue weighted by molar-refractivity contribution is 5.76. The number of hydrogen-bond donors (Lipinski definition) is 12. The van der Waals surface area contributed by atoms with Gasteiger partial charge in [0.1, 0.15) is 73.2 Å². The summed E-state index contributed by atoms with van der Waals surface area (Å²) in [5.74, 6) is -0.279. The average molecular weight is 1540 g/mol. The molecule has 632 valence electrons. The Kier molecular flexibility index (Phi) is 63.6. The van der Waals surface area contributed by atoms with E-state index >= 15 is 0 Å². The topological polar surface area (TPSA) is 307 Å². The van der Waals surface area contributed by atoms with Crippen molar-refractivity contribution < 1.29 is 89.4 Å². The van der Waals surface area contributed by atoms with Crippen LogP contribution in [0.3, 0.4) is 0 Å². The van der Waals surface area contributed by atoms with E-state index in [1.807, 2.05) is 6.08 Å². The lowest BCUT2D eigenvalue weighted by atomic mass is 9.96. The summed E-state index contributed by atoms with van der Waals surface area (Å²) in [6, 6.07) is -0.992. The van der Waals surface area contributed by atoms with Gasteiger partial charge in [0.25, 0.3) is 0 Å². The Morgan fingerprint density at radius 3 is 0.991 bits per heavy atom. The number of carbonyl (C=O) groups is 1. The van der Waals surface area contributed by atoms with E-state index in [4.69, 9.17) is 28.4 Å². The Balaban J connectivity index is 1.31. The van der Waals surface area contributed by atoms with Crippen molar-refractivity contribution in [2.24, 2.45) is 0 Å². The van der Waals surface area contributed by atoms with Crippen molar-refractivity contribution in [1.82, 2.24) is 5.32 Å². The summed E-state index contributed by atoms with van der Waals surface area (Å²) in [6.45, 7) is 1.76. The Hall–Kier alpha value is -2.51. The number of hydrogen-bond acceptors (Lipinski definition) is 18. The van der Waals surface area contributed by atoms with Gasteiger partial charge in [-0.3, -0.25) is 4.79 Å². The van der Waals surface area contributed by atoms with Gasteiger partial charge in [0.15, 0.2) is 18.9 Å². The van der Waals surface area contributed by atoms with Crippen LogP contribution in [0.1, 0.15) is 367 Å². The van der Waals surface area contributed by atoms with Gasteiger partial charge in [-0.2, -0.15) is 0 Å². The number of aliphatic hydroxyl groups excluding tert-OH is 11. The van der Waals surface area contributed by atoms with Crippen LogP contribution in [0.5, 0.6) is 0 Å². The van der Waals surface area contributed by atoms with E-state index in [0.717, 1.165) is 51.4 Å². The summed E-state index contributed by atoms with van der Waals surface area (Å²) in [7, 11) is 0. The first kappa shape index (κ1) is 99.7. The van der Waals surface area contributed by atoms with Gasteiger partial charge in [0.05, 0.1) is 38.6 Å². The lowest BCUT2D eigenvalue weighted by molar-refractivity contribution is -0.379. The van der Waals surface area contributed by atoms with Crippen LogP contribution in [0.4, 0.5) is 0 Å². The molecule has 108 heavy (non-hydrogen) atoms. The van der Waals surface area contributed by atoms with E-state index in [9.17, 15) is 61.0 Å². The van der Waals surface area contributed by atoms with Crippen molar-refractivity contribution >= 4 is 5.91 Å². The fourth-order valence-corrected chi connectivity index (χ4v) is 14.9. The molecule has 3 aliphatic heterocycles. The van der Waals surface area contributed by atoms with Crippen LogP contribution >= 0.6 is 0 Å². The number of aliphatic hydroxyl groups is 11. The molecule has 3 fully saturated rings. The zero-order chi connectivity index (χ0) is 78.1. The molecule has 0 aromatic carbocycles. The van der Waals surface area contributed by atoms with Gasteiger partial charge in [0.2, 0.25) is 5.91 Å². The van der Waals surface area contributed by atoms with Crippen LogP contribution in [-0.4, -0.2) is 193 Å². The van der Waals surface area contributed by atoms with Gasteiger partial charge in [-0.05, 0) is 70.6 Å². The fraction of sp³-hybridized carbons (Fsp3) is 0.876. The molecule has 0 bridgehead atoms. The second kappa shape index (κ2) is 68.9. The highest BCUT2D eigenvalue weighted by Crippen LogP contribution is 2.33. The Morgan fingerprint density at radius 1 is 0.333 bits per heavy atom. The third-order valence-electron chi connectivity index (χ3n) is 22.0. The van der Waals surface area contributed by atoms with Crippen LogP contribution in [0.15, 0.2) is 60.8 Å². The molecule has 0 aromatic heterocycles. The van der Waals surface area contributed by atoms with E-state index < -0.39 is 124 Å². The Labute approximate surface area is 656 Å². The summed E-state index contributed by atoms with van der Waals surface area (Å²) < 4.78 is 34.5. The van der Waals surface area contributed by atoms with Crippen LogP contribution in [0.25, 0.3) is 0 Å². The molecule has 17 unspecified atom stereocenters. The average Bonchev–Trinajstić information content (AvgIpc) is 0.775. The first-order valence-corrected chi connectivity index (χ1v) is 44.5. The zero-order valence-corrected chi connectivity index (χ0v) is 68.1. The molecule has 12 N–H and O–H groups in total. The predicted molar refractivity (Wildman–Crippen MR) is 434 cm³/mol. The Bertz CT molecular complexity index is 2180. The van der Waals surface area contributed by atoms with Crippen molar-refractivity contribution in [1.29, 1.82) is 0 Å². The third kappa shape index (κ3) is 47.4. The van der Waals surface area contributed by atoms with Crippen molar-refractivity contribution in [3.05, 3.63) is 60.8 Å². The van der Waals surface area contributed by atoms with Crippen LogP contribution < -0.4 is 5.32 Å². The van der Waals surface area contributed by atoms with Gasteiger partial charge in [-0.15, -0.1) is 0 Å². The molecule has 0 aromatic rings. The summed E-state index contributed by atoms with van der Waals surface area (Å²) >= 11 is 0. The highest BCUT2D eigenvalue weighted by atomic mass is 16.8. The van der Waals surface area contributed by atoms with Crippen molar-refractivity contribution in [2.45, 2.75) is 471 Å². The van der Waals surface area contributed by atoms with Gasteiger partial charge in [-0.1, -0.05) is 351 Å². The number of carbonyl (C=O) groups excluding carboxylic acids is 1. The van der Waals surface area contributed by atoms with Crippen LogP contribution in [0, 0.1) is 0 Å². The third-order valence-corrected chi connectivity index (χ3v) is 22.0. The van der Waals surface area contributed by atoms with E-state index in [2.05, 4.69) is 67.8 Å². The number of nitrogens with one attached hydrogen (secondary N) is 1. The van der Waals surface area contributed by atoms with Crippen molar-refractivity contribution in [3.8, 4) is 0 Å². The normalized spacial score (nSPS) is 25.7. The minimum Gasteiger partial charge on any atom is -0.394 e. The maximum Gasteiger partial charge on any atom is 0.220 e. The second-order valence-corrected chi connectivity index (χ2v) is 31.7. The number of unbranched alkanes of at least 4 members (excludes halogenated alkanes) is 48. The summed E-state index contributed by atoms with van der Waals surface area (Å²) in [5.41, 5.74) is 0. The van der Waals surface area contributed by atoms with Crippen molar-refractivity contribution in [2.75, 3.05) is 26.4 Å². The number of rotatable bonds is 72. The Morgan fingerprint density at radius 2 is 0.620 bits per heavy atom. The summed E-state index contributed by atoms with van der Waals surface area (Å²) in [4.78, 5) is 13.5. The SMILES string of the molecule is CCCCCCC/C=C\C/C=C\C/C=C\CCCCCCCCCCCCCCCCCCCCCCCCCCC(=O)NC(COC1OC(CO)C(OC2OC(CO)C(OC3OC(CO)C(O)C(O)C3O)C(O)C2O)C(O)C1O)C(O)/C=C/CC/C=C/CCCCCCCCCCCCCCCCCCCC. The molecule has 19 nitrogen and oxygen atoms in total. The molecule has 0 saturated carbocycles. The molecule has 3 rings (SSSR count). The maximum absolute atomic E-state index is 13.5. The first-order valence-electron chi connectivity index (χ1n) is 44.5. The zero-order valence-electron chi connectivity index (χ0n) is 68.1. The lowest BCUT2D eigenvalue weighted by Gasteiger charge is -2.48. The standard InChI is InChI=1S/C89H163NO18/c1-3-5-7-9-11-13-15-17-19-21-23-25-27-29-30-31-32-33-34-35-36-37-38-39-40-41-42-43-45-47-49-51-53-55-57-59-61-63-65-67-77(95)90-72(73(94)66-64-62-60-58-56-54-52-50-48-46-44-28-26-24-22-20-18-16-14-12-10-8-6-4-2)71-103-87-83(101)80(98)85(75(69-92)105-87)108-89-84(102)81(99)86(76(70-93)106-89)107-88-82(100)79(97)78(96)74(68-91)104-88/h15,17,21,23,27,29,56,58,64,66,72-76,78-89,91-94,96-102H,3-14,16,18-20,22,24-26,28,30-55,57,59-63,65,67-71H2,1-2H3,(H,90,95)/b17-15-,23-21-,29-27-,58-56+,66-64+. The van der Waals surface area contributed by atoms with Crippen molar-refractivity contribution in [3.63, 3.8) is 0 Å². The second-order valence-electron chi connectivity index (χ2n) is 31.7. The number of amides is 1. The van der Waals surface area contributed by atoms with Gasteiger partial charge in [-0.25, -0.2) is 0 Å². The molecule has 3 saturated heterocycles. The molecule has 1 amide bonds. The molecule has 0 spiro atoms. The molecule has 3 heterocycles. The fourth-order valence-electron chi connectivity index (χ4n) is 14.9. The molecular formula is C89H163NO18. The maximum atomic E-state index is 13.5. The quantitative estimate of drug-likeness (QED) is 0.0199. The molecular weight excluding hydrogens is 1370 g/mol. The molecule has 0 radical (unpaired) electrons. The largest absolute Gasteiger partial charge is 0.394 e. The van der Waals surface area contributed by atoms with Gasteiger partial charge in [0, 0.05) is 6.42 Å². The predicted octanol–water partition coefficient (Wildman–Crippen LogP) is 16.6. The molecule has 19 heteroatoms. The van der Waals surface area contributed by atoms with E-state index in [0.29, 0.717) is 12.8 Å². The minimum atomic E-state index is -1.98. The minimum absolute atomic E-state index is 0.238. The lowest BCUT2D eigenvalue weighted by Crippen LogP contribution is -2.66. The molecule has 17 atom stereocenters. The first-order chi connectivity index (χ1) is 52.8. The van der Waals surface area contributed by atoms with Gasteiger partial charge >= 0.3 is 0 Å². The smallest absolute Gasteiger partial charge is 0.220 e.